The molecule has 0 amide bonds. The van der Waals surface area contributed by atoms with Crippen LogP contribution < -0.4 is 9.46 Å². The summed E-state index contributed by atoms with van der Waals surface area (Å²) in [7, 11) is -3.66. The smallest absolute Gasteiger partial charge is 0.263 e. The van der Waals surface area contributed by atoms with E-state index in [1.54, 1.807) is 12.1 Å². The molecule has 22 heavy (non-hydrogen) atoms. The van der Waals surface area contributed by atoms with Gasteiger partial charge in [0.25, 0.3) is 10.0 Å². The van der Waals surface area contributed by atoms with E-state index >= 15 is 0 Å². The van der Waals surface area contributed by atoms with Gasteiger partial charge in [0.15, 0.2) is 0 Å². The summed E-state index contributed by atoms with van der Waals surface area (Å²) >= 11 is 1.05. The number of nitrogens with one attached hydrogen (secondary N) is 1. The van der Waals surface area contributed by atoms with Crippen LogP contribution in [0.3, 0.4) is 0 Å². The van der Waals surface area contributed by atoms with Crippen molar-refractivity contribution in [2.75, 3.05) is 11.3 Å². The summed E-state index contributed by atoms with van der Waals surface area (Å²) in [6.07, 6.45) is 0.728. The molecule has 6 nitrogen and oxygen atoms in total. The van der Waals surface area contributed by atoms with Gasteiger partial charge in [0.2, 0.25) is 5.13 Å². The quantitative estimate of drug-likeness (QED) is 0.929. The van der Waals surface area contributed by atoms with Gasteiger partial charge in [0.05, 0.1) is 11.5 Å². The minimum absolute atomic E-state index is 0.212. The topological polar surface area (TPSA) is 81.2 Å². The zero-order valence-electron chi connectivity index (χ0n) is 12.6. The molecule has 2 aromatic rings. The number of fused-ring (bicyclic) bond motifs is 1. The first-order valence-electron chi connectivity index (χ1n) is 6.88. The van der Waals surface area contributed by atoms with E-state index in [2.05, 4.69) is 14.1 Å². The summed E-state index contributed by atoms with van der Waals surface area (Å²) in [5.41, 5.74) is 0.695. The van der Waals surface area contributed by atoms with Gasteiger partial charge in [-0.3, -0.25) is 4.72 Å². The zero-order valence-corrected chi connectivity index (χ0v) is 14.2. The molecular weight excluding hydrogens is 322 g/mol. The van der Waals surface area contributed by atoms with Crippen molar-refractivity contribution in [3.05, 3.63) is 29.6 Å². The van der Waals surface area contributed by atoms with E-state index < -0.39 is 10.0 Å². The van der Waals surface area contributed by atoms with Gasteiger partial charge in [-0.05, 0) is 23.8 Å². The molecule has 0 saturated heterocycles. The molecule has 0 radical (unpaired) electrons. The predicted molar refractivity (Wildman–Crippen MR) is 85.1 cm³/mol. The van der Waals surface area contributed by atoms with Crippen molar-refractivity contribution in [2.45, 2.75) is 37.5 Å². The Hall–Kier alpha value is -1.67. The number of aromatic nitrogens is 2. The van der Waals surface area contributed by atoms with Gasteiger partial charge in [0.1, 0.15) is 11.6 Å². The molecular formula is C14H17N3O3S2. The summed E-state index contributed by atoms with van der Waals surface area (Å²) in [4.78, 5) is 4.47. The first-order valence-corrected chi connectivity index (χ1v) is 9.14. The van der Waals surface area contributed by atoms with Crippen LogP contribution in [0.5, 0.6) is 5.75 Å². The highest BCUT2D eigenvalue weighted by Crippen LogP contribution is 2.29. The number of sulfonamides is 1. The Morgan fingerprint density at radius 3 is 2.77 bits per heavy atom. The van der Waals surface area contributed by atoms with Gasteiger partial charge < -0.3 is 4.74 Å². The van der Waals surface area contributed by atoms with Gasteiger partial charge in [-0.2, -0.15) is 4.37 Å². The maximum absolute atomic E-state index is 12.4. The third-order valence-electron chi connectivity index (χ3n) is 3.29. The number of nitrogens with zero attached hydrogens (tertiary/aromatic N) is 2. The number of hydrogen-bond acceptors (Lipinski definition) is 6. The second-order valence-corrected chi connectivity index (χ2v) is 8.58. The molecule has 1 aliphatic rings. The first-order chi connectivity index (χ1) is 10.3. The van der Waals surface area contributed by atoms with E-state index in [0.717, 1.165) is 29.3 Å². The molecule has 2 heterocycles. The van der Waals surface area contributed by atoms with Gasteiger partial charge in [-0.1, -0.05) is 20.8 Å². The number of rotatable bonds is 3. The number of hydrogen-bond donors (Lipinski definition) is 1. The molecule has 0 aliphatic carbocycles. The lowest BCUT2D eigenvalue weighted by Gasteiger charge is -2.12. The molecule has 0 spiro atoms. The molecule has 1 N–H and O–H groups in total. The Bertz CT molecular complexity index is 807. The van der Waals surface area contributed by atoms with E-state index in [4.69, 9.17) is 4.74 Å². The second kappa shape index (κ2) is 5.20. The maximum Gasteiger partial charge on any atom is 0.263 e. The van der Waals surface area contributed by atoms with Crippen LogP contribution in [0, 0.1) is 0 Å². The summed E-state index contributed by atoms with van der Waals surface area (Å²) in [6, 6.07) is 4.88. The summed E-state index contributed by atoms with van der Waals surface area (Å²) in [5, 5.41) is 0.279. The highest BCUT2D eigenvalue weighted by molar-refractivity contribution is 7.93. The lowest BCUT2D eigenvalue weighted by molar-refractivity contribution is 0.356. The average Bonchev–Trinajstić information content (AvgIpc) is 3.04. The minimum Gasteiger partial charge on any atom is -0.493 e. The fourth-order valence-corrected chi connectivity index (χ4v) is 4.10. The Morgan fingerprint density at radius 2 is 2.09 bits per heavy atom. The van der Waals surface area contributed by atoms with E-state index in [1.807, 2.05) is 20.8 Å². The van der Waals surface area contributed by atoms with Crippen molar-refractivity contribution in [2.24, 2.45) is 0 Å². The SMILES string of the molecule is CC(C)(C)c1nsc(NS(=O)(=O)c2ccc3c(c2)CCO3)n1. The molecule has 0 bridgehead atoms. The van der Waals surface area contributed by atoms with Crippen molar-refractivity contribution in [1.82, 2.24) is 9.36 Å². The average molecular weight is 339 g/mol. The third kappa shape index (κ3) is 2.93. The molecule has 1 aliphatic heterocycles. The normalized spacial score (nSPS) is 14.5. The molecule has 118 valence electrons. The highest BCUT2D eigenvalue weighted by atomic mass is 32.2. The minimum atomic E-state index is -3.66. The number of benzene rings is 1. The van der Waals surface area contributed by atoms with Crippen molar-refractivity contribution in [1.29, 1.82) is 0 Å². The monoisotopic (exact) mass is 339 g/mol. The van der Waals surface area contributed by atoms with Gasteiger partial charge in [-0.15, -0.1) is 0 Å². The molecule has 0 saturated carbocycles. The first kappa shape index (κ1) is 15.2. The van der Waals surface area contributed by atoms with Crippen molar-refractivity contribution >= 4 is 26.7 Å². The standard InChI is InChI=1S/C14H17N3O3S2/c1-14(2,3)12-15-13(21-16-12)17-22(18,19)10-4-5-11-9(8-10)6-7-20-11/h4-5,8H,6-7H2,1-3H3,(H,15,16,17). The van der Waals surface area contributed by atoms with Gasteiger partial charge in [0, 0.05) is 23.4 Å². The molecule has 1 aromatic carbocycles. The number of ether oxygens (including phenoxy) is 1. The van der Waals surface area contributed by atoms with E-state index in [0.29, 0.717) is 12.4 Å². The van der Waals surface area contributed by atoms with Crippen molar-refractivity contribution in [3.8, 4) is 5.75 Å². The Balaban J connectivity index is 1.86. The second-order valence-electron chi connectivity index (χ2n) is 6.15. The molecule has 3 rings (SSSR count). The van der Waals surface area contributed by atoms with Crippen molar-refractivity contribution in [3.63, 3.8) is 0 Å². The predicted octanol–water partition coefficient (Wildman–Crippen LogP) is 2.57. The largest absolute Gasteiger partial charge is 0.493 e. The highest BCUT2D eigenvalue weighted by Gasteiger charge is 2.23. The Kier molecular flexibility index (Phi) is 3.60. The van der Waals surface area contributed by atoms with Gasteiger partial charge in [-0.25, -0.2) is 13.4 Å². The van der Waals surface area contributed by atoms with Crippen LogP contribution in [0.25, 0.3) is 0 Å². The molecule has 1 aromatic heterocycles. The van der Waals surface area contributed by atoms with E-state index in [-0.39, 0.29) is 15.4 Å². The summed E-state index contributed by atoms with van der Waals surface area (Å²) < 4.78 is 37.0. The van der Waals surface area contributed by atoms with Crippen LogP contribution in [0.1, 0.15) is 32.2 Å². The molecule has 0 fully saturated rings. The van der Waals surface area contributed by atoms with Crippen LogP contribution in [-0.2, 0) is 21.9 Å². The Labute approximate surface area is 133 Å². The van der Waals surface area contributed by atoms with Gasteiger partial charge >= 0.3 is 0 Å². The zero-order chi connectivity index (χ0) is 16.0. The maximum atomic E-state index is 12.4. The van der Waals surface area contributed by atoms with Crippen LogP contribution in [-0.4, -0.2) is 24.4 Å². The summed E-state index contributed by atoms with van der Waals surface area (Å²) in [5.74, 6) is 1.38. The van der Waals surface area contributed by atoms with E-state index in [1.165, 1.54) is 6.07 Å². The lowest BCUT2D eigenvalue weighted by Crippen LogP contribution is -2.15. The molecule has 8 heteroatoms. The van der Waals surface area contributed by atoms with Crippen LogP contribution in [0.4, 0.5) is 5.13 Å². The lowest BCUT2D eigenvalue weighted by atomic mass is 9.96. The molecule has 0 unspecified atom stereocenters. The molecule has 0 atom stereocenters. The van der Waals surface area contributed by atoms with Crippen molar-refractivity contribution < 1.29 is 13.2 Å². The van der Waals surface area contributed by atoms with E-state index in [9.17, 15) is 8.42 Å². The van der Waals surface area contributed by atoms with Crippen LogP contribution >= 0.6 is 11.5 Å². The third-order valence-corrected chi connectivity index (χ3v) is 5.39. The van der Waals surface area contributed by atoms with Crippen LogP contribution in [0.15, 0.2) is 23.1 Å². The fourth-order valence-electron chi connectivity index (χ4n) is 2.07. The fraction of sp³-hybridized carbons (Fsp3) is 0.429. The Morgan fingerprint density at radius 1 is 1.32 bits per heavy atom. The number of anilines is 1. The summed E-state index contributed by atoms with van der Waals surface area (Å²) in [6.45, 7) is 6.53. The van der Waals surface area contributed by atoms with Crippen LogP contribution in [0.2, 0.25) is 0 Å².